The van der Waals surface area contributed by atoms with Gasteiger partial charge in [0.25, 0.3) is 0 Å². The second-order valence-corrected chi connectivity index (χ2v) is 4.40. The summed E-state index contributed by atoms with van der Waals surface area (Å²) >= 11 is 5.31. The van der Waals surface area contributed by atoms with Crippen molar-refractivity contribution in [1.29, 1.82) is 0 Å². The van der Waals surface area contributed by atoms with Crippen LogP contribution in [0.1, 0.15) is 17.2 Å². The van der Waals surface area contributed by atoms with Crippen molar-refractivity contribution in [2.24, 2.45) is 5.73 Å². The average molecular weight is 288 g/mol. The zero-order valence-electron chi connectivity index (χ0n) is 9.54. The fourth-order valence-electron chi connectivity index (χ4n) is 1.96. The lowest BCUT2D eigenvalue weighted by molar-refractivity contribution is -0.136. The number of hydrogen-bond donors (Lipinski definition) is 1. The maximum absolute atomic E-state index is 12.9. The van der Waals surface area contributed by atoms with Crippen LogP contribution < -0.4 is 5.73 Å². The Kier molecular flexibility index (Phi) is 3.52. The third-order valence-electron chi connectivity index (χ3n) is 2.84. The van der Waals surface area contributed by atoms with Crippen LogP contribution in [0.2, 0.25) is 0 Å². The van der Waals surface area contributed by atoms with Gasteiger partial charge in [0.2, 0.25) is 5.24 Å². The van der Waals surface area contributed by atoms with Gasteiger partial charge in [0.05, 0.1) is 5.56 Å². The number of hydrogen-bond acceptors (Lipinski definition) is 2. The van der Waals surface area contributed by atoms with Crippen molar-refractivity contribution in [3.63, 3.8) is 0 Å². The van der Waals surface area contributed by atoms with Gasteiger partial charge in [-0.2, -0.15) is 13.2 Å². The second-order valence-electron chi connectivity index (χ2n) is 4.03. The van der Waals surface area contributed by atoms with Gasteiger partial charge in [-0.3, -0.25) is 4.79 Å². The molecule has 0 aromatic heterocycles. The summed E-state index contributed by atoms with van der Waals surface area (Å²) in [6, 6.07) is 6.86. The van der Waals surface area contributed by atoms with Crippen LogP contribution in [0.4, 0.5) is 13.2 Å². The van der Waals surface area contributed by atoms with E-state index in [1.807, 2.05) is 0 Å². The molecule has 2 aromatic rings. The van der Waals surface area contributed by atoms with Gasteiger partial charge >= 0.3 is 6.18 Å². The van der Waals surface area contributed by atoms with Crippen molar-refractivity contribution in [2.75, 3.05) is 0 Å². The van der Waals surface area contributed by atoms with Crippen molar-refractivity contribution in [3.05, 3.63) is 47.5 Å². The predicted octanol–water partition coefficient (Wildman–Crippen LogP) is 3.62. The maximum atomic E-state index is 12.9. The number of fused-ring (bicyclic) bond motifs is 1. The molecule has 0 aliphatic carbocycles. The smallest absolute Gasteiger partial charge is 0.317 e. The molecule has 2 N–H and O–H groups in total. The number of carbonyl (C=O) groups is 1. The van der Waals surface area contributed by atoms with Gasteiger partial charge in [-0.1, -0.05) is 30.3 Å². The molecular weight excluding hydrogens is 279 g/mol. The number of nitrogens with two attached hydrogens (primary N) is 1. The van der Waals surface area contributed by atoms with Crippen LogP contribution in [0.5, 0.6) is 0 Å². The minimum atomic E-state index is -4.47. The van der Waals surface area contributed by atoms with Crippen molar-refractivity contribution < 1.29 is 18.0 Å². The summed E-state index contributed by atoms with van der Waals surface area (Å²) in [5, 5.41) is -0.537. The molecular formula is C13H9ClF3NO. The largest absolute Gasteiger partial charge is 0.417 e. The molecule has 0 spiro atoms. The van der Waals surface area contributed by atoms with E-state index in [1.54, 1.807) is 6.07 Å². The highest BCUT2D eigenvalue weighted by Gasteiger charge is 2.33. The highest BCUT2D eigenvalue weighted by molar-refractivity contribution is 6.64. The lowest BCUT2D eigenvalue weighted by Gasteiger charge is -2.15. The Hall–Kier alpha value is -1.59. The Labute approximate surface area is 112 Å². The molecule has 0 fully saturated rings. The first kappa shape index (κ1) is 13.8. The Morgan fingerprint density at radius 1 is 1.11 bits per heavy atom. The third kappa shape index (κ3) is 2.57. The summed E-state index contributed by atoms with van der Waals surface area (Å²) in [4.78, 5) is 11.1. The molecule has 1 unspecified atom stereocenters. The van der Waals surface area contributed by atoms with Crippen LogP contribution in [0.15, 0.2) is 36.4 Å². The minimum Gasteiger partial charge on any atom is -0.317 e. The molecule has 2 nitrogen and oxygen atoms in total. The van der Waals surface area contributed by atoms with Crippen LogP contribution in [0.3, 0.4) is 0 Å². The van der Waals surface area contributed by atoms with Crippen molar-refractivity contribution >= 4 is 27.6 Å². The van der Waals surface area contributed by atoms with Gasteiger partial charge in [0.1, 0.15) is 6.04 Å². The molecule has 19 heavy (non-hydrogen) atoms. The molecule has 0 amide bonds. The number of rotatable bonds is 2. The molecule has 0 saturated carbocycles. The molecule has 6 heteroatoms. The van der Waals surface area contributed by atoms with Gasteiger partial charge in [-0.05, 0) is 34.0 Å². The molecule has 0 heterocycles. The van der Waals surface area contributed by atoms with Gasteiger partial charge in [-0.25, -0.2) is 0 Å². The quantitative estimate of drug-likeness (QED) is 0.857. The van der Waals surface area contributed by atoms with E-state index in [2.05, 4.69) is 0 Å². The minimum absolute atomic E-state index is 0.000802. The first-order valence-corrected chi connectivity index (χ1v) is 5.74. The summed E-state index contributed by atoms with van der Waals surface area (Å²) in [6.45, 7) is 0. The van der Waals surface area contributed by atoms with Gasteiger partial charge in [-0.15, -0.1) is 0 Å². The van der Waals surface area contributed by atoms with E-state index in [4.69, 9.17) is 17.3 Å². The van der Waals surface area contributed by atoms with E-state index in [0.717, 1.165) is 6.07 Å². The normalized spacial score (nSPS) is 13.5. The molecule has 0 radical (unpaired) electrons. The van der Waals surface area contributed by atoms with E-state index in [0.29, 0.717) is 0 Å². The van der Waals surface area contributed by atoms with Crippen LogP contribution in [0, 0.1) is 0 Å². The summed E-state index contributed by atoms with van der Waals surface area (Å²) in [5.74, 6) is 0. The first-order valence-electron chi connectivity index (χ1n) is 5.36. The monoisotopic (exact) mass is 287 g/mol. The van der Waals surface area contributed by atoms with E-state index in [-0.39, 0.29) is 16.3 Å². The van der Waals surface area contributed by atoms with E-state index in [1.165, 1.54) is 24.3 Å². The lowest BCUT2D eigenvalue weighted by Crippen LogP contribution is -2.18. The summed E-state index contributed by atoms with van der Waals surface area (Å²) < 4.78 is 38.7. The zero-order valence-corrected chi connectivity index (χ0v) is 10.3. The average Bonchev–Trinajstić information content (AvgIpc) is 2.35. The first-order chi connectivity index (χ1) is 8.82. The Bertz CT molecular complexity index is 639. The molecule has 100 valence electrons. The number of benzene rings is 2. The fraction of sp³-hybridized carbons (Fsp3) is 0.154. The van der Waals surface area contributed by atoms with Gasteiger partial charge in [0, 0.05) is 0 Å². The molecule has 2 rings (SSSR count). The van der Waals surface area contributed by atoms with E-state index >= 15 is 0 Å². The van der Waals surface area contributed by atoms with Crippen LogP contribution >= 0.6 is 11.6 Å². The van der Waals surface area contributed by atoms with E-state index < -0.39 is 23.0 Å². The van der Waals surface area contributed by atoms with Gasteiger partial charge in [0.15, 0.2) is 0 Å². The topological polar surface area (TPSA) is 43.1 Å². The number of halogens is 4. The molecule has 0 aliphatic heterocycles. The van der Waals surface area contributed by atoms with E-state index in [9.17, 15) is 18.0 Å². The van der Waals surface area contributed by atoms with Crippen molar-refractivity contribution in [1.82, 2.24) is 0 Å². The van der Waals surface area contributed by atoms with Crippen molar-refractivity contribution in [2.45, 2.75) is 12.2 Å². The van der Waals surface area contributed by atoms with Crippen LogP contribution in [-0.4, -0.2) is 5.24 Å². The SMILES string of the molecule is NC(C(=O)Cl)c1ccc(C(F)(F)F)c2ccccc12. The molecule has 0 bridgehead atoms. The van der Waals surface area contributed by atoms with Crippen LogP contribution in [0.25, 0.3) is 10.8 Å². The highest BCUT2D eigenvalue weighted by atomic mass is 35.5. The number of carbonyl (C=O) groups excluding carboxylic acids is 1. The lowest BCUT2D eigenvalue weighted by atomic mass is 9.96. The standard InChI is InChI=1S/C13H9ClF3NO/c14-12(19)11(18)9-5-6-10(13(15,16)17)8-4-2-1-3-7(8)9/h1-6,11H,18H2. The Morgan fingerprint density at radius 3 is 2.21 bits per heavy atom. The molecule has 2 aromatic carbocycles. The maximum Gasteiger partial charge on any atom is 0.417 e. The fourth-order valence-corrected chi connectivity index (χ4v) is 2.08. The van der Waals surface area contributed by atoms with Gasteiger partial charge < -0.3 is 5.73 Å². The Balaban J connectivity index is 2.76. The molecule has 0 aliphatic rings. The van der Waals surface area contributed by atoms with Crippen LogP contribution in [-0.2, 0) is 11.0 Å². The second kappa shape index (κ2) is 4.83. The molecule has 1 atom stereocenters. The Morgan fingerprint density at radius 2 is 1.68 bits per heavy atom. The molecule has 0 saturated heterocycles. The predicted molar refractivity (Wildman–Crippen MR) is 66.7 cm³/mol. The third-order valence-corrected chi connectivity index (χ3v) is 3.08. The highest BCUT2D eigenvalue weighted by Crippen LogP contribution is 2.37. The number of alkyl halides is 3. The summed E-state index contributed by atoms with van der Waals surface area (Å²) in [6.07, 6.45) is -4.47. The van der Waals surface area contributed by atoms with Crippen molar-refractivity contribution in [3.8, 4) is 0 Å². The zero-order chi connectivity index (χ0) is 14.2. The summed E-state index contributed by atoms with van der Waals surface area (Å²) in [5.41, 5.74) is 5.12. The summed E-state index contributed by atoms with van der Waals surface area (Å²) in [7, 11) is 0.